The van der Waals surface area contributed by atoms with Gasteiger partial charge in [-0.25, -0.2) is 0 Å². The number of anilines is 3. The van der Waals surface area contributed by atoms with Crippen molar-refractivity contribution in [2.75, 3.05) is 10.2 Å². The van der Waals surface area contributed by atoms with Crippen molar-refractivity contribution < 1.29 is 0 Å². The molecular weight excluding hydrogens is 713 g/mol. The van der Waals surface area contributed by atoms with Gasteiger partial charge in [0.25, 0.3) is 0 Å². The van der Waals surface area contributed by atoms with Crippen LogP contribution in [0.5, 0.6) is 0 Å². The van der Waals surface area contributed by atoms with Gasteiger partial charge < -0.3 is 10.2 Å². The van der Waals surface area contributed by atoms with Gasteiger partial charge in [-0.05, 0) is 126 Å². The molecule has 11 rings (SSSR count). The largest absolute Gasteiger partial charge is 0.360 e. The number of fused-ring (bicyclic) bond motifs is 3. The van der Waals surface area contributed by atoms with Crippen molar-refractivity contribution in [2.45, 2.75) is 19.0 Å². The number of nitrogens with zero attached hydrogens (tertiary/aromatic N) is 1. The first-order chi connectivity index (χ1) is 29.3. The predicted octanol–water partition coefficient (Wildman–Crippen LogP) is 15.4. The molecule has 2 nitrogen and oxygen atoms in total. The molecule has 1 aliphatic carbocycles. The molecule has 0 radical (unpaired) electrons. The summed E-state index contributed by atoms with van der Waals surface area (Å²) >= 11 is 0. The number of nitrogens with one attached hydrogen (secondary N) is 1. The maximum absolute atomic E-state index is 3.86. The molecule has 0 amide bonds. The highest BCUT2D eigenvalue weighted by molar-refractivity contribution is 6.23. The fraction of sp³-hybridized carbons (Fsp3) is 0.0526. The molecule has 59 heavy (non-hydrogen) atoms. The zero-order valence-electron chi connectivity index (χ0n) is 32.7. The lowest BCUT2D eigenvalue weighted by molar-refractivity contribution is 0.795. The van der Waals surface area contributed by atoms with Crippen molar-refractivity contribution >= 4 is 44.2 Å². The molecule has 0 bridgehead atoms. The van der Waals surface area contributed by atoms with Crippen LogP contribution in [0.15, 0.2) is 224 Å². The van der Waals surface area contributed by atoms with Crippen LogP contribution in [0.4, 0.5) is 17.1 Å². The quantitative estimate of drug-likeness (QED) is 0.163. The first kappa shape index (κ1) is 34.8. The van der Waals surface area contributed by atoms with E-state index in [0.717, 1.165) is 12.8 Å². The first-order valence-electron chi connectivity index (χ1n) is 20.7. The molecule has 0 spiro atoms. The summed E-state index contributed by atoms with van der Waals surface area (Å²) in [6.07, 6.45) is 6.73. The molecule has 9 aromatic carbocycles. The maximum Gasteiger partial charge on any atom is 0.126 e. The SMILES string of the molecule is C1=C(c2ccc3c(-c4ccccc4-c4ccccc4)c4ccccc4c(-c4ccccc4-c4ccccc4)c3c2)CCC(C2Nc3ccccc3N2c2ccccc2)=C1. The van der Waals surface area contributed by atoms with Crippen molar-refractivity contribution in [3.63, 3.8) is 0 Å². The van der Waals surface area contributed by atoms with Crippen LogP contribution in [0.2, 0.25) is 0 Å². The minimum absolute atomic E-state index is 0.0592. The summed E-state index contributed by atoms with van der Waals surface area (Å²) in [6.45, 7) is 0. The van der Waals surface area contributed by atoms with E-state index in [1.54, 1.807) is 0 Å². The Bertz CT molecular complexity index is 3070. The molecule has 0 fully saturated rings. The molecule has 2 aliphatic rings. The summed E-state index contributed by atoms with van der Waals surface area (Å²) in [4.78, 5) is 2.45. The van der Waals surface area contributed by atoms with Gasteiger partial charge >= 0.3 is 0 Å². The highest BCUT2D eigenvalue weighted by Gasteiger charge is 2.33. The predicted molar refractivity (Wildman–Crippen MR) is 251 cm³/mol. The van der Waals surface area contributed by atoms with Gasteiger partial charge in [-0.1, -0.05) is 188 Å². The van der Waals surface area contributed by atoms with Crippen LogP contribution < -0.4 is 10.2 Å². The molecule has 280 valence electrons. The Morgan fingerprint density at radius 3 is 1.51 bits per heavy atom. The molecule has 9 aromatic rings. The fourth-order valence-electron chi connectivity index (χ4n) is 9.51. The average molecular weight is 755 g/mol. The van der Waals surface area contributed by atoms with Gasteiger partial charge in [-0.2, -0.15) is 0 Å². The maximum atomic E-state index is 3.86. The fourth-order valence-corrected chi connectivity index (χ4v) is 9.51. The molecule has 1 N–H and O–H groups in total. The topological polar surface area (TPSA) is 15.3 Å². The van der Waals surface area contributed by atoms with E-state index >= 15 is 0 Å². The van der Waals surface area contributed by atoms with Crippen molar-refractivity contribution in [1.29, 1.82) is 0 Å². The van der Waals surface area contributed by atoms with Crippen LogP contribution in [0, 0.1) is 0 Å². The van der Waals surface area contributed by atoms with Crippen molar-refractivity contribution in [2.24, 2.45) is 0 Å². The van der Waals surface area contributed by atoms with Crippen LogP contribution in [0.25, 0.3) is 71.6 Å². The monoisotopic (exact) mass is 754 g/mol. The smallest absolute Gasteiger partial charge is 0.126 e. The third kappa shape index (κ3) is 6.13. The van der Waals surface area contributed by atoms with E-state index in [2.05, 4.69) is 229 Å². The van der Waals surface area contributed by atoms with Crippen molar-refractivity contribution in [1.82, 2.24) is 0 Å². The van der Waals surface area contributed by atoms with E-state index in [1.807, 2.05) is 0 Å². The van der Waals surface area contributed by atoms with E-state index < -0.39 is 0 Å². The number of benzene rings is 9. The Kier molecular flexibility index (Phi) is 8.74. The van der Waals surface area contributed by atoms with E-state index in [0.29, 0.717) is 0 Å². The molecule has 1 heterocycles. The third-order valence-corrected chi connectivity index (χ3v) is 12.2. The summed E-state index contributed by atoms with van der Waals surface area (Å²) in [6, 6.07) is 75.2. The molecule has 1 unspecified atom stereocenters. The normalized spacial score (nSPS) is 14.8. The van der Waals surface area contributed by atoms with Crippen LogP contribution in [-0.2, 0) is 0 Å². The highest BCUT2D eigenvalue weighted by atomic mass is 15.3. The Labute approximate surface area is 346 Å². The number of hydrogen-bond acceptors (Lipinski definition) is 2. The lowest BCUT2D eigenvalue weighted by Crippen LogP contribution is -2.34. The molecule has 1 atom stereocenters. The van der Waals surface area contributed by atoms with Gasteiger partial charge in [0.2, 0.25) is 0 Å². The van der Waals surface area contributed by atoms with Crippen LogP contribution in [0.3, 0.4) is 0 Å². The molecule has 0 saturated heterocycles. The lowest BCUT2D eigenvalue weighted by Gasteiger charge is -2.30. The molecule has 2 heteroatoms. The minimum Gasteiger partial charge on any atom is -0.360 e. The Morgan fingerprint density at radius 1 is 0.390 bits per heavy atom. The Balaban J connectivity index is 1.11. The van der Waals surface area contributed by atoms with Gasteiger partial charge in [-0.15, -0.1) is 0 Å². The van der Waals surface area contributed by atoms with E-state index in [9.17, 15) is 0 Å². The molecule has 1 aliphatic heterocycles. The van der Waals surface area contributed by atoms with E-state index in [-0.39, 0.29) is 6.17 Å². The Hall–Kier alpha value is -7.42. The minimum atomic E-state index is 0.0592. The molecule has 0 aromatic heterocycles. The molecular formula is C57H42N2. The number of rotatable bonds is 7. The standard InChI is InChI=1S/C57H42N2/c1-4-18-40(19-5-1)45-24-10-12-26-47(45)55-49-28-14-15-29-50(49)56(48-27-13-11-25-46(48)41-20-6-2-7-21-41)52-38-43(36-37-51(52)55)39-32-34-42(35-33-39)57-58-53-30-16-17-31-54(53)59(57)44-22-8-3-9-23-44/h1-32,34,36-38,57-58H,33,35H2. The summed E-state index contributed by atoms with van der Waals surface area (Å²) in [5, 5.41) is 8.89. The first-order valence-corrected chi connectivity index (χ1v) is 20.7. The zero-order valence-corrected chi connectivity index (χ0v) is 32.7. The van der Waals surface area contributed by atoms with Crippen molar-refractivity contribution in [3.05, 3.63) is 230 Å². The summed E-state index contributed by atoms with van der Waals surface area (Å²) in [7, 11) is 0. The summed E-state index contributed by atoms with van der Waals surface area (Å²) in [5.41, 5.74) is 17.5. The zero-order chi connectivity index (χ0) is 39.1. The second kappa shape index (κ2) is 14.8. The number of para-hydroxylation sites is 3. The van der Waals surface area contributed by atoms with Gasteiger partial charge in [0.1, 0.15) is 6.17 Å². The van der Waals surface area contributed by atoms with Crippen LogP contribution in [-0.4, -0.2) is 6.17 Å². The summed E-state index contributed by atoms with van der Waals surface area (Å²) < 4.78 is 0. The van der Waals surface area contributed by atoms with Crippen molar-refractivity contribution in [3.8, 4) is 44.5 Å². The third-order valence-electron chi connectivity index (χ3n) is 12.2. The van der Waals surface area contributed by atoms with Gasteiger partial charge in [0, 0.05) is 5.69 Å². The number of allylic oxidation sites excluding steroid dienone is 3. The summed E-state index contributed by atoms with van der Waals surface area (Å²) in [5.74, 6) is 0. The van der Waals surface area contributed by atoms with Crippen LogP contribution in [0.1, 0.15) is 18.4 Å². The van der Waals surface area contributed by atoms with Gasteiger partial charge in [0.05, 0.1) is 11.4 Å². The van der Waals surface area contributed by atoms with E-state index in [4.69, 9.17) is 0 Å². The van der Waals surface area contributed by atoms with Crippen LogP contribution >= 0.6 is 0 Å². The second-order valence-corrected chi connectivity index (χ2v) is 15.6. The molecule has 0 saturated carbocycles. The highest BCUT2D eigenvalue weighted by Crippen LogP contribution is 2.49. The lowest BCUT2D eigenvalue weighted by atomic mass is 9.81. The Morgan fingerprint density at radius 2 is 0.898 bits per heavy atom. The second-order valence-electron chi connectivity index (χ2n) is 15.6. The van der Waals surface area contributed by atoms with E-state index in [1.165, 1.54) is 99.8 Å². The average Bonchev–Trinajstić information content (AvgIpc) is 3.71. The van der Waals surface area contributed by atoms with Gasteiger partial charge in [0.15, 0.2) is 0 Å². The number of hydrogen-bond donors (Lipinski definition) is 1. The van der Waals surface area contributed by atoms with Gasteiger partial charge in [-0.3, -0.25) is 0 Å².